The van der Waals surface area contributed by atoms with Crippen LogP contribution in [0.1, 0.15) is 42.6 Å². The molecule has 6 nitrogen and oxygen atoms in total. The molecular weight excluding hydrogens is 364 g/mol. The molecule has 29 heavy (non-hydrogen) atoms. The van der Waals surface area contributed by atoms with Gasteiger partial charge in [-0.25, -0.2) is 4.79 Å². The number of carbonyl (C=O) groups excluding carboxylic acids is 2. The van der Waals surface area contributed by atoms with Crippen LogP contribution >= 0.6 is 0 Å². The molecule has 6 heteroatoms. The molecule has 0 atom stereocenters. The van der Waals surface area contributed by atoms with Gasteiger partial charge in [0.25, 0.3) is 5.91 Å². The van der Waals surface area contributed by atoms with Crippen LogP contribution in [0.3, 0.4) is 0 Å². The molecule has 2 aromatic rings. The number of anilines is 2. The molecule has 0 radical (unpaired) electrons. The number of nitrogens with zero attached hydrogens (tertiary/aromatic N) is 1. The lowest BCUT2D eigenvalue weighted by Gasteiger charge is -2.17. The van der Waals surface area contributed by atoms with E-state index in [0.717, 1.165) is 44.6 Å². The molecule has 1 aliphatic rings. The Morgan fingerprint density at radius 2 is 1.69 bits per heavy atom. The predicted octanol–water partition coefficient (Wildman–Crippen LogP) is 4.11. The molecule has 3 N–H and O–H groups in total. The molecule has 0 saturated heterocycles. The normalized spacial score (nSPS) is 13.2. The van der Waals surface area contributed by atoms with Gasteiger partial charge in [0.05, 0.1) is 0 Å². The zero-order valence-corrected chi connectivity index (χ0v) is 17.2. The predicted molar refractivity (Wildman–Crippen MR) is 118 cm³/mol. The highest BCUT2D eigenvalue weighted by molar-refractivity contribution is 6.05. The Labute approximate surface area is 172 Å². The van der Waals surface area contributed by atoms with Crippen molar-refractivity contribution in [3.8, 4) is 0 Å². The van der Waals surface area contributed by atoms with Crippen molar-refractivity contribution >= 4 is 23.3 Å². The van der Waals surface area contributed by atoms with Crippen LogP contribution in [0.15, 0.2) is 48.5 Å². The smallest absolute Gasteiger partial charge is 0.319 e. The molecule has 0 heterocycles. The highest BCUT2D eigenvalue weighted by Gasteiger charge is 2.23. The standard InChI is InChI=1S/C23H30N4O2/c1-3-27(4-2)15-14-17-8-10-19(11-9-17)24-22(28)18-6-5-7-21(16-18)26-23(29)25-20-12-13-20/h5-11,16,20H,3-4,12-15H2,1-2H3,(H,24,28)(H2,25,26,29). The molecule has 0 aliphatic heterocycles. The number of likely N-dealkylation sites (N-methyl/N-ethyl adjacent to an activating group) is 1. The van der Waals surface area contributed by atoms with Gasteiger partial charge in [-0.15, -0.1) is 0 Å². The number of hydrogen-bond donors (Lipinski definition) is 3. The van der Waals surface area contributed by atoms with Crippen LogP contribution in [0.2, 0.25) is 0 Å². The maximum Gasteiger partial charge on any atom is 0.319 e. The van der Waals surface area contributed by atoms with Crippen molar-refractivity contribution in [1.82, 2.24) is 10.2 Å². The fraction of sp³-hybridized carbons (Fsp3) is 0.391. The van der Waals surface area contributed by atoms with Crippen LogP contribution < -0.4 is 16.0 Å². The van der Waals surface area contributed by atoms with Gasteiger partial charge < -0.3 is 20.9 Å². The number of benzene rings is 2. The highest BCUT2D eigenvalue weighted by Crippen LogP contribution is 2.19. The van der Waals surface area contributed by atoms with Crippen LogP contribution in [0, 0.1) is 0 Å². The van der Waals surface area contributed by atoms with E-state index in [1.165, 1.54) is 5.56 Å². The second-order valence-electron chi connectivity index (χ2n) is 7.38. The van der Waals surface area contributed by atoms with Gasteiger partial charge in [-0.05, 0) is 68.2 Å². The van der Waals surface area contributed by atoms with Gasteiger partial charge in [0, 0.05) is 29.5 Å². The van der Waals surface area contributed by atoms with Crippen LogP contribution in [0.5, 0.6) is 0 Å². The summed E-state index contributed by atoms with van der Waals surface area (Å²) in [7, 11) is 0. The quantitative estimate of drug-likeness (QED) is 0.599. The molecule has 154 valence electrons. The molecule has 1 aliphatic carbocycles. The zero-order valence-electron chi connectivity index (χ0n) is 17.2. The van der Waals surface area contributed by atoms with Crippen molar-refractivity contribution in [2.75, 3.05) is 30.3 Å². The Kier molecular flexibility index (Phi) is 7.25. The number of nitrogens with one attached hydrogen (secondary N) is 3. The average Bonchev–Trinajstić information content (AvgIpc) is 3.54. The van der Waals surface area contributed by atoms with Crippen molar-refractivity contribution in [3.63, 3.8) is 0 Å². The minimum absolute atomic E-state index is 0.202. The Balaban J connectivity index is 1.54. The summed E-state index contributed by atoms with van der Waals surface area (Å²) in [6.07, 6.45) is 3.06. The summed E-state index contributed by atoms with van der Waals surface area (Å²) in [6, 6.07) is 15.0. The second-order valence-corrected chi connectivity index (χ2v) is 7.38. The third-order valence-electron chi connectivity index (χ3n) is 5.12. The van der Waals surface area contributed by atoms with Gasteiger partial charge in [0.1, 0.15) is 0 Å². The monoisotopic (exact) mass is 394 g/mol. The minimum Gasteiger partial charge on any atom is -0.335 e. The third-order valence-corrected chi connectivity index (χ3v) is 5.12. The Morgan fingerprint density at radius 1 is 0.966 bits per heavy atom. The molecule has 3 rings (SSSR count). The SMILES string of the molecule is CCN(CC)CCc1ccc(NC(=O)c2cccc(NC(=O)NC3CC3)c2)cc1. The fourth-order valence-electron chi connectivity index (χ4n) is 3.10. The number of urea groups is 1. The van der Waals surface area contributed by atoms with Crippen molar-refractivity contribution < 1.29 is 9.59 Å². The number of rotatable bonds is 9. The number of hydrogen-bond acceptors (Lipinski definition) is 3. The summed E-state index contributed by atoms with van der Waals surface area (Å²) in [6.45, 7) is 7.49. The van der Waals surface area contributed by atoms with Crippen molar-refractivity contribution in [3.05, 3.63) is 59.7 Å². The van der Waals surface area contributed by atoms with Crippen molar-refractivity contribution in [1.29, 1.82) is 0 Å². The Hall–Kier alpha value is -2.86. The van der Waals surface area contributed by atoms with E-state index >= 15 is 0 Å². The molecule has 0 bridgehead atoms. The first-order chi connectivity index (χ1) is 14.1. The van der Waals surface area contributed by atoms with Gasteiger partial charge in [-0.3, -0.25) is 4.79 Å². The molecular formula is C23H30N4O2. The van der Waals surface area contributed by atoms with Gasteiger partial charge in [0.15, 0.2) is 0 Å². The van der Waals surface area contributed by atoms with Crippen molar-refractivity contribution in [2.24, 2.45) is 0 Å². The Bertz CT molecular complexity index is 827. The van der Waals surface area contributed by atoms with Crippen LogP contribution in [-0.2, 0) is 6.42 Å². The van der Waals surface area contributed by atoms with Crippen LogP contribution in [0.25, 0.3) is 0 Å². The van der Waals surface area contributed by atoms with E-state index in [-0.39, 0.29) is 18.0 Å². The number of carbonyl (C=O) groups is 2. The highest BCUT2D eigenvalue weighted by atomic mass is 16.2. The fourth-order valence-corrected chi connectivity index (χ4v) is 3.10. The van der Waals surface area contributed by atoms with Crippen LogP contribution in [0.4, 0.5) is 16.2 Å². The van der Waals surface area contributed by atoms with Gasteiger partial charge in [-0.1, -0.05) is 32.0 Å². The number of amides is 3. The summed E-state index contributed by atoms with van der Waals surface area (Å²) < 4.78 is 0. The maximum atomic E-state index is 12.6. The van der Waals surface area contributed by atoms with Crippen molar-refractivity contribution in [2.45, 2.75) is 39.2 Å². The maximum absolute atomic E-state index is 12.6. The lowest BCUT2D eigenvalue weighted by Crippen LogP contribution is -2.30. The van der Waals surface area contributed by atoms with E-state index in [2.05, 4.69) is 46.8 Å². The summed E-state index contributed by atoms with van der Waals surface area (Å²) in [4.78, 5) is 26.8. The minimum atomic E-state index is -0.231. The van der Waals surface area contributed by atoms with Gasteiger partial charge in [-0.2, -0.15) is 0 Å². The molecule has 3 amide bonds. The Morgan fingerprint density at radius 3 is 2.34 bits per heavy atom. The van der Waals surface area contributed by atoms with E-state index in [9.17, 15) is 9.59 Å². The second kappa shape index (κ2) is 10.1. The summed E-state index contributed by atoms with van der Waals surface area (Å²) in [5.41, 5.74) is 3.11. The molecule has 0 spiro atoms. The first-order valence-electron chi connectivity index (χ1n) is 10.4. The van der Waals surface area contributed by atoms with Crippen LogP contribution in [-0.4, -0.2) is 42.5 Å². The molecule has 0 aromatic heterocycles. The largest absolute Gasteiger partial charge is 0.335 e. The summed E-state index contributed by atoms with van der Waals surface area (Å²) >= 11 is 0. The molecule has 2 aromatic carbocycles. The lowest BCUT2D eigenvalue weighted by molar-refractivity contribution is 0.102. The van der Waals surface area contributed by atoms with E-state index in [1.807, 2.05) is 12.1 Å². The molecule has 1 saturated carbocycles. The van der Waals surface area contributed by atoms with E-state index < -0.39 is 0 Å². The molecule has 1 fully saturated rings. The lowest BCUT2D eigenvalue weighted by atomic mass is 10.1. The summed E-state index contributed by atoms with van der Waals surface area (Å²) in [5, 5.41) is 8.56. The van der Waals surface area contributed by atoms with Gasteiger partial charge in [0.2, 0.25) is 0 Å². The topological polar surface area (TPSA) is 73.5 Å². The average molecular weight is 395 g/mol. The third kappa shape index (κ3) is 6.61. The van der Waals surface area contributed by atoms with E-state index in [4.69, 9.17) is 0 Å². The first kappa shape index (κ1) is 20.9. The first-order valence-corrected chi connectivity index (χ1v) is 10.4. The van der Waals surface area contributed by atoms with E-state index in [0.29, 0.717) is 11.3 Å². The molecule has 0 unspecified atom stereocenters. The van der Waals surface area contributed by atoms with Gasteiger partial charge >= 0.3 is 6.03 Å². The summed E-state index contributed by atoms with van der Waals surface area (Å²) in [5.74, 6) is -0.202. The zero-order chi connectivity index (χ0) is 20.6. The van der Waals surface area contributed by atoms with E-state index in [1.54, 1.807) is 24.3 Å².